The van der Waals surface area contributed by atoms with Crippen LogP contribution in [0.15, 0.2) is 48.7 Å². The Morgan fingerprint density at radius 2 is 2.09 bits per heavy atom. The van der Waals surface area contributed by atoms with Gasteiger partial charge in [-0.05, 0) is 30.7 Å². The molecular weight excluding hydrogens is 281 g/mol. The summed E-state index contributed by atoms with van der Waals surface area (Å²) in [6.07, 6.45) is 2.08. The number of rotatable bonds is 4. The molecule has 0 atom stereocenters. The first-order valence-corrected chi connectivity index (χ1v) is 7.10. The molecule has 3 aromatic rings. The fraction of sp³-hybridized carbons (Fsp3) is 0.176. The Kier molecular flexibility index (Phi) is 3.87. The highest BCUT2D eigenvalue weighted by Crippen LogP contribution is 2.18. The third kappa shape index (κ3) is 2.98. The number of nitrogens with one attached hydrogen (secondary N) is 1. The monoisotopic (exact) mass is 297 g/mol. The van der Waals surface area contributed by atoms with Gasteiger partial charge in [-0.25, -0.2) is 4.39 Å². The third-order valence-corrected chi connectivity index (χ3v) is 3.52. The summed E-state index contributed by atoms with van der Waals surface area (Å²) in [7, 11) is 0. The normalized spacial score (nSPS) is 10.8. The van der Waals surface area contributed by atoms with Crippen LogP contribution in [0.2, 0.25) is 0 Å². The molecule has 0 saturated carbocycles. The number of nitrogens with zero attached hydrogens (tertiary/aromatic N) is 2. The van der Waals surface area contributed by atoms with Crippen molar-refractivity contribution in [1.29, 1.82) is 0 Å². The van der Waals surface area contributed by atoms with Crippen LogP contribution in [0, 0.1) is 12.7 Å². The van der Waals surface area contributed by atoms with Gasteiger partial charge in [-0.15, -0.1) is 0 Å². The zero-order chi connectivity index (χ0) is 15.5. The number of anilines is 1. The van der Waals surface area contributed by atoms with Crippen LogP contribution in [0.5, 0.6) is 0 Å². The molecule has 0 spiro atoms. The minimum Gasteiger partial charge on any atom is -0.326 e. The van der Waals surface area contributed by atoms with E-state index in [1.165, 1.54) is 12.1 Å². The van der Waals surface area contributed by atoms with Gasteiger partial charge in [-0.2, -0.15) is 5.10 Å². The van der Waals surface area contributed by atoms with Gasteiger partial charge in [0.05, 0.1) is 18.3 Å². The van der Waals surface area contributed by atoms with E-state index in [0.29, 0.717) is 12.2 Å². The van der Waals surface area contributed by atoms with Crippen LogP contribution in [0.1, 0.15) is 12.0 Å². The lowest BCUT2D eigenvalue weighted by Gasteiger charge is -2.07. The molecular formula is C17H16FN3O. The van der Waals surface area contributed by atoms with Crippen molar-refractivity contribution >= 4 is 22.5 Å². The molecule has 5 heteroatoms. The molecule has 0 aliphatic heterocycles. The molecule has 3 rings (SSSR count). The number of aromatic nitrogens is 2. The molecule has 1 N–H and O–H groups in total. The lowest BCUT2D eigenvalue weighted by atomic mass is 10.2. The summed E-state index contributed by atoms with van der Waals surface area (Å²) in [6, 6.07) is 11.9. The molecule has 0 radical (unpaired) electrons. The SMILES string of the molecule is Cc1cccc2cnn(CCC(=O)Nc3cccc(F)c3)c12. The summed E-state index contributed by atoms with van der Waals surface area (Å²) in [6.45, 7) is 2.50. The summed E-state index contributed by atoms with van der Waals surface area (Å²) in [5, 5.41) is 8.07. The first-order valence-electron chi connectivity index (χ1n) is 7.10. The van der Waals surface area contributed by atoms with Crippen LogP contribution in [-0.4, -0.2) is 15.7 Å². The van der Waals surface area contributed by atoms with E-state index in [9.17, 15) is 9.18 Å². The minimum atomic E-state index is -0.369. The Morgan fingerprint density at radius 3 is 2.91 bits per heavy atom. The number of para-hydroxylation sites is 1. The molecule has 1 heterocycles. The second kappa shape index (κ2) is 5.97. The van der Waals surface area contributed by atoms with Crippen LogP contribution in [0.25, 0.3) is 10.9 Å². The molecule has 4 nitrogen and oxygen atoms in total. The maximum absolute atomic E-state index is 13.1. The van der Waals surface area contributed by atoms with E-state index in [1.54, 1.807) is 18.3 Å². The van der Waals surface area contributed by atoms with Gasteiger partial charge in [0.1, 0.15) is 5.82 Å². The van der Waals surface area contributed by atoms with Gasteiger partial charge < -0.3 is 5.32 Å². The third-order valence-electron chi connectivity index (χ3n) is 3.52. The molecule has 2 aromatic carbocycles. The van der Waals surface area contributed by atoms with Gasteiger partial charge in [0.2, 0.25) is 5.91 Å². The van der Waals surface area contributed by atoms with Gasteiger partial charge in [-0.1, -0.05) is 24.3 Å². The average molecular weight is 297 g/mol. The van der Waals surface area contributed by atoms with Gasteiger partial charge in [0, 0.05) is 17.5 Å². The largest absolute Gasteiger partial charge is 0.326 e. The average Bonchev–Trinajstić information content (AvgIpc) is 2.90. The number of carbonyl (C=O) groups excluding carboxylic acids is 1. The highest BCUT2D eigenvalue weighted by atomic mass is 19.1. The van der Waals surface area contributed by atoms with Crippen molar-refractivity contribution in [3.63, 3.8) is 0 Å². The summed E-state index contributed by atoms with van der Waals surface area (Å²) in [4.78, 5) is 12.0. The Bertz CT molecular complexity index is 826. The Hall–Kier alpha value is -2.69. The Labute approximate surface area is 127 Å². The molecule has 0 bridgehead atoms. The lowest BCUT2D eigenvalue weighted by molar-refractivity contribution is -0.116. The van der Waals surface area contributed by atoms with Crippen LogP contribution in [-0.2, 0) is 11.3 Å². The highest BCUT2D eigenvalue weighted by molar-refractivity contribution is 5.90. The standard InChI is InChI=1S/C17H16FN3O/c1-12-4-2-5-13-11-19-21(17(12)13)9-8-16(22)20-15-7-3-6-14(18)10-15/h2-7,10-11H,8-9H2,1H3,(H,20,22). The van der Waals surface area contributed by atoms with Crippen molar-refractivity contribution in [3.8, 4) is 0 Å². The highest BCUT2D eigenvalue weighted by Gasteiger charge is 2.08. The molecule has 0 aliphatic rings. The lowest BCUT2D eigenvalue weighted by Crippen LogP contribution is -2.15. The number of amides is 1. The van der Waals surface area contributed by atoms with Crippen LogP contribution in [0.3, 0.4) is 0 Å². The molecule has 1 aromatic heterocycles. The molecule has 0 saturated heterocycles. The number of hydrogen-bond donors (Lipinski definition) is 1. The van der Waals surface area contributed by atoms with E-state index in [1.807, 2.05) is 29.8 Å². The van der Waals surface area contributed by atoms with Crippen molar-refractivity contribution < 1.29 is 9.18 Å². The zero-order valence-electron chi connectivity index (χ0n) is 12.2. The van der Waals surface area contributed by atoms with Crippen LogP contribution < -0.4 is 5.32 Å². The van der Waals surface area contributed by atoms with Crippen molar-refractivity contribution in [2.75, 3.05) is 5.32 Å². The molecule has 22 heavy (non-hydrogen) atoms. The van der Waals surface area contributed by atoms with Crippen molar-refractivity contribution in [2.45, 2.75) is 19.9 Å². The van der Waals surface area contributed by atoms with E-state index < -0.39 is 0 Å². The molecule has 0 unspecified atom stereocenters. The topological polar surface area (TPSA) is 46.9 Å². The van der Waals surface area contributed by atoms with Crippen molar-refractivity contribution in [2.24, 2.45) is 0 Å². The van der Waals surface area contributed by atoms with Gasteiger partial charge in [0.25, 0.3) is 0 Å². The smallest absolute Gasteiger partial charge is 0.226 e. The second-order valence-electron chi connectivity index (χ2n) is 5.19. The quantitative estimate of drug-likeness (QED) is 0.801. The van der Waals surface area contributed by atoms with Crippen molar-refractivity contribution in [3.05, 3.63) is 60.0 Å². The number of fused-ring (bicyclic) bond motifs is 1. The predicted octanol–water partition coefficient (Wildman–Crippen LogP) is 3.51. The van der Waals surface area contributed by atoms with E-state index in [2.05, 4.69) is 10.4 Å². The fourth-order valence-electron chi connectivity index (χ4n) is 2.49. The Morgan fingerprint density at radius 1 is 1.27 bits per heavy atom. The van der Waals surface area contributed by atoms with E-state index in [-0.39, 0.29) is 18.1 Å². The van der Waals surface area contributed by atoms with Crippen LogP contribution in [0.4, 0.5) is 10.1 Å². The number of carbonyl (C=O) groups is 1. The van der Waals surface area contributed by atoms with Crippen molar-refractivity contribution in [1.82, 2.24) is 9.78 Å². The molecule has 0 aliphatic carbocycles. The minimum absolute atomic E-state index is 0.164. The van der Waals surface area contributed by atoms with E-state index >= 15 is 0 Å². The number of hydrogen-bond acceptors (Lipinski definition) is 2. The Balaban J connectivity index is 1.68. The van der Waals surface area contributed by atoms with Crippen LogP contribution >= 0.6 is 0 Å². The maximum atomic E-state index is 13.1. The summed E-state index contributed by atoms with van der Waals surface area (Å²) < 4.78 is 14.9. The molecule has 112 valence electrons. The molecule has 0 fully saturated rings. The fourth-order valence-corrected chi connectivity index (χ4v) is 2.49. The van der Waals surface area contributed by atoms with Gasteiger partial charge in [0.15, 0.2) is 0 Å². The number of aryl methyl sites for hydroxylation is 2. The van der Waals surface area contributed by atoms with E-state index in [4.69, 9.17) is 0 Å². The number of halogens is 1. The predicted molar refractivity (Wildman–Crippen MR) is 84.1 cm³/mol. The molecule has 1 amide bonds. The number of benzene rings is 2. The maximum Gasteiger partial charge on any atom is 0.226 e. The summed E-state index contributed by atoms with van der Waals surface area (Å²) in [5.41, 5.74) is 2.63. The first kappa shape index (κ1) is 14.3. The first-order chi connectivity index (χ1) is 10.6. The van der Waals surface area contributed by atoms with Gasteiger partial charge >= 0.3 is 0 Å². The van der Waals surface area contributed by atoms with Gasteiger partial charge in [-0.3, -0.25) is 9.48 Å². The summed E-state index contributed by atoms with van der Waals surface area (Å²) in [5.74, 6) is -0.533. The van der Waals surface area contributed by atoms with E-state index in [0.717, 1.165) is 16.5 Å². The zero-order valence-corrected chi connectivity index (χ0v) is 12.2. The second-order valence-corrected chi connectivity index (χ2v) is 5.19. The summed E-state index contributed by atoms with van der Waals surface area (Å²) >= 11 is 0.